The summed E-state index contributed by atoms with van der Waals surface area (Å²) in [6.07, 6.45) is 5.45. The standard InChI is InChI=1S/C23H25FN4O4/c24-14-5-6-19-18(11-14)22(27-21(26-19)17-3-1-2-4-20(17)29)28-9-7-15(12-28)25-23(30)32-16-8-10-31-13-16/h1-6,11,15-16,18-19,29H,7-10,12-13H2,(H,25,30)/t15-,16-,18?,19?/m1/s1. The van der Waals surface area contributed by atoms with E-state index in [-0.39, 0.29) is 35.7 Å². The van der Waals surface area contributed by atoms with Crippen molar-refractivity contribution in [3.63, 3.8) is 0 Å². The number of fused-ring (bicyclic) bond motifs is 1. The molecule has 1 aromatic rings. The molecule has 2 saturated heterocycles. The minimum absolute atomic E-state index is 0.0916. The summed E-state index contributed by atoms with van der Waals surface area (Å²) >= 11 is 0. The number of hydrogen-bond donors (Lipinski definition) is 2. The fraction of sp³-hybridized carbons (Fsp3) is 0.435. The Labute approximate surface area is 185 Å². The minimum atomic E-state index is -0.446. The first-order chi connectivity index (χ1) is 15.6. The van der Waals surface area contributed by atoms with Gasteiger partial charge in [-0.3, -0.25) is 4.99 Å². The molecule has 2 N–H and O–H groups in total. The van der Waals surface area contributed by atoms with Gasteiger partial charge in [0.15, 0.2) is 5.84 Å². The predicted molar refractivity (Wildman–Crippen MR) is 117 cm³/mol. The number of rotatable bonds is 3. The van der Waals surface area contributed by atoms with Crippen molar-refractivity contribution < 1.29 is 23.8 Å². The second kappa shape index (κ2) is 8.74. The van der Waals surface area contributed by atoms with Crippen LogP contribution in [0, 0.1) is 5.92 Å². The number of aromatic hydroxyl groups is 1. The van der Waals surface area contributed by atoms with Crippen molar-refractivity contribution in [3.8, 4) is 5.75 Å². The molecule has 0 spiro atoms. The number of ether oxygens (including phenoxy) is 2. The number of allylic oxidation sites excluding steroid dienone is 2. The lowest BCUT2D eigenvalue weighted by Crippen LogP contribution is -2.44. The number of nitrogens with zero attached hydrogens (tertiary/aromatic N) is 3. The van der Waals surface area contributed by atoms with Crippen molar-refractivity contribution in [2.45, 2.75) is 31.0 Å². The summed E-state index contributed by atoms with van der Waals surface area (Å²) in [4.78, 5) is 23.7. The van der Waals surface area contributed by atoms with Crippen LogP contribution in [0.5, 0.6) is 5.75 Å². The number of carbonyl (C=O) groups excluding carboxylic acids is 1. The van der Waals surface area contributed by atoms with E-state index in [0.717, 1.165) is 6.42 Å². The van der Waals surface area contributed by atoms with E-state index in [9.17, 15) is 14.3 Å². The van der Waals surface area contributed by atoms with Gasteiger partial charge in [0.25, 0.3) is 0 Å². The smallest absolute Gasteiger partial charge is 0.407 e. The number of halogens is 1. The molecular weight excluding hydrogens is 415 g/mol. The molecule has 1 amide bonds. The van der Waals surface area contributed by atoms with Crippen LogP contribution in [0.15, 0.2) is 58.3 Å². The van der Waals surface area contributed by atoms with E-state index < -0.39 is 6.09 Å². The number of hydrogen-bond acceptors (Lipinski definition) is 7. The van der Waals surface area contributed by atoms with Crippen LogP contribution in [-0.4, -0.2) is 72.3 Å². The number of aliphatic imine (C=N–C) groups is 2. The molecule has 0 aromatic heterocycles. The van der Waals surface area contributed by atoms with Gasteiger partial charge in [0.1, 0.15) is 23.5 Å². The largest absolute Gasteiger partial charge is 0.507 e. The molecule has 0 radical (unpaired) electrons. The third kappa shape index (κ3) is 4.25. The number of carbonyl (C=O) groups is 1. The van der Waals surface area contributed by atoms with Crippen LogP contribution >= 0.6 is 0 Å². The number of nitrogens with one attached hydrogen (secondary N) is 1. The molecule has 0 saturated carbocycles. The Bertz CT molecular complexity index is 1020. The molecule has 0 bridgehead atoms. The summed E-state index contributed by atoms with van der Waals surface area (Å²) in [6.45, 7) is 2.24. The summed E-state index contributed by atoms with van der Waals surface area (Å²) < 4.78 is 24.7. The van der Waals surface area contributed by atoms with Crippen LogP contribution in [0.1, 0.15) is 18.4 Å². The van der Waals surface area contributed by atoms with Crippen molar-refractivity contribution in [2.75, 3.05) is 26.3 Å². The topological polar surface area (TPSA) is 95.8 Å². The fourth-order valence-electron chi connectivity index (χ4n) is 4.46. The highest BCUT2D eigenvalue weighted by atomic mass is 19.1. The third-order valence-corrected chi connectivity index (χ3v) is 6.09. The lowest BCUT2D eigenvalue weighted by Gasteiger charge is -2.33. The third-order valence-electron chi connectivity index (χ3n) is 6.09. The second-order valence-electron chi connectivity index (χ2n) is 8.33. The quantitative estimate of drug-likeness (QED) is 0.753. The first kappa shape index (κ1) is 20.7. The Morgan fingerprint density at radius 3 is 3.00 bits per heavy atom. The van der Waals surface area contributed by atoms with Gasteiger partial charge in [0.05, 0.1) is 36.8 Å². The maximum atomic E-state index is 14.1. The van der Waals surface area contributed by atoms with Gasteiger partial charge in [0.2, 0.25) is 0 Å². The predicted octanol–water partition coefficient (Wildman–Crippen LogP) is 2.55. The van der Waals surface area contributed by atoms with Crippen molar-refractivity contribution in [1.82, 2.24) is 10.2 Å². The average Bonchev–Trinajstić information content (AvgIpc) is 3.45. The molecule has 9 heteroatoms. The molecule has 4 atom stereocenters. The van der Waals surface area contributed by atoms with E-state index in [1.807, 2.05) is 6.07 Å². The van der Waals surface area contributed by atoms with Crippen LogP contribution < -0.4 is 5.32 Å². The van der Waals surface area contributed by atoms with E-state index in [2.05, 4.69) is 15.2 Å². The molecule has 2 unspecified atom stereocenters. The Kier molecular flexibility index (Phi) is 5.65. The van der Waals surface area contributed by atoms with E-state index >= 15 is 0 Å². The van der Waals surface area contributed by atoms with Gasteiger partial charge in [-0.2, -0.15) is 0 Å². The Balaban J connectivity index is 1.33. The molecule has 5 rings (SSSR count). The van der Waals surface area contributed by atoms with Crippen LogP contribution in [-0.2, 0) is 9.47 Å². The van der Waals surface area contributed by atoms with Gasteiger partial charge in [-0.15, -0.1) is 0 Å². The highest BCUT2D eigenvalue weighted by Gasteiger charge is 2.37. The van der Waals surface area contributed by atoms with Crippen LogP contribution in [0.2, 0.25) is 0 Å². The van der Waals surface area contributed by atoms with Crippen molar-refractivity contribution in [1.29, 1.82) is 0 Å². The summed E-state index contributed by atoms with van der Waals surface area (Å²) in [7, 11) is 0. The van der Waals surface area contributed by atoms with E-state index in [1.54, 1.807) is 24.3 Å². The summed E-state index contributed by atoms with van der Waals surface area (Å²) in [5, 5.41) is 13.2. The number of phenols is 1. The Morgan fingerprint density at radius 2 is 2.19 bits per heavy atom. The highest BCUT2D eigenvalue weighted by molar-refractivity contribution is 6.10. The maximum Gasteiger partial charge on any atom is 0.407 e. The van der Waals surface area contributed by atoms with Gasteiger partial charge in [0, 0.05) is 19.5 Å². The molecule has 2 fully saturated rings. The highest BCUT2D eigenvalue weighted by Crippen LogP contribution is 2.31. The van der Waals surface area contributed by atoms with Gasteiger partial charge < -0.3 is 24.8 Å². The van der Waals surface area contributed by atoms with Gasteiger partial charge in [-0.1, -0.05) is 18.2 Å². The van der Waals surface area contributed by atoms with E-state index in [1.165, 1.54) is 12.2 Å². The molecule has 1 aliphatic carbocycles. The molecule has 4 aliphatic rings. The molecule has 1 aromatic carbocycles. The van der Waals surface area contributed by atoms with Gasteiger partial charge >= 0.3 is 6.09 Å². The molecule has 168 valence electrons. The number of amides is 1. The SMILES string of the molecule is O=C(N[C@@H]1CCN(C2=NC(c3ccccc3O)=NC3C=CC(F)=CC23)C1)O[C@@H]1CCOC1. The number of phenolic OH excluding ortho intramolecular Hbond substituents is 1. The molecule has 3 heterocycles. The first-order valence-electron chi connectivity index (χ1n) is 10.9. The average molecular weight is 440 g/mol. The van der Waals surface area contributed by atoms with Crippen LogP contribution in [0.25, 0.3) is 0 Å². The second-order valence-corrected chi connectivity index (χ2v) is 8.33. The Morgan fingerprint density at radius 1 is 1.31 bits per heavy atom. The van der Waals surface area contributed by atoms with Crippen LogP contribution in [0.3, 0.4) is 0 Å². The van der Waals surface area contributed by atoms with Crippen LogP contribution in [0.4, 0.5) is 9.18 Å². The van der Waals surface area contributed by atoms with Gasteiger partial charge in [-0.25, -0.2) is 14.2 Å². The minimum Gasteiger partial charge on any atom is -0.507 e. The zero-order chi connectivity index (χ0) is 22.1. The zero-order valence-corrected chi connectivity index (χ0v) is 17.5. The number of likely N-dealkylation sites (tertiary alicyclic amines) is 1. The van der Waals surface area contributed by atoms with Crippen molar-refractivity contribution in [2.24, 2.45) is 15.9 Å². The maximum absolute atomic E-state index is 14.1. The monoisotopic (exact) mass is 440 g/mol. The summed E-state index contributed by atoms with van der Waals surface area (Å²) in [5.41, 5.74) is 0.531. The number of benzene rings is 1. The lowest BCUT2D eigenvalue weighted by molar-refractivity contribution is 0.0811. The summed E-state index contributed by atoms with van der Waals surface area (Å²) in [5.74, 6) is 0.530. The van der Waals surface area contributed by atoms with Crippen molar-refractivity contribution in [3.05, 3.63) is 53.9 Å². The fourth-order valence-corrected chi connectivity index (χ4v) is 4.46. The number of alkyl carbamates (subject to hydrolysis) is 1. The Hall–Kier alpha value is -3.20. The first-order valence-corrected chi connectivity index (χ1v) is 10.9. The van der Waals surface area contributed by atoms with E-state index in [4.69, 9.17) is 14.5 Å². The van der Waals surface area contributed by atoms with E-state index in [0.29, 0.717) is 50.0 Å². The number of amidine groups is 2. The normalized spacial score (nSPS) is 29.2. The number of para-hydroxylation sites is 1. The molecule has 32 heavy (non-hydrogen) atoms. The molecule has 3 aliphatic heterocycles. The zero-order valence-electron chi connectivity index (χ0n) is 17.5. The van der Waals surface area contributed by atoms with Gasteiger partial charge in [-0.05, 0) is 30.7 Å². The molecular formula is C23H25FN4O4. The lowest BCUT2D eigenvalue weighted by atomic mass is 9.91. The molecule has 8 nitrogen and oxygen atoms in total. The summed E-state index contributed by atoms with van der Waals surface area (Å²) in [6, 6.07) is 6.48. The van der Waals surface area contributed by atoms with Crippen molar-refractivity contribution >= 4 is 17.8 Å².